The van der Waals surface area contributed by atoms with Crippen molar-refractivity contribution in [3.05, 3.63) is 67.6 Å². The Kier molecular flexibility index (Phi) is 8.04. The molecule has 0 atom stereocenters. The summed E-state index contributed by atoms with van der Waals surface area (Å²) in [6, 6.07) is 3.16. The van der Waals surface area contributed by atoms with E-state index in [0.29, 0.717) is 33.1 Å². The number of carbonyl (C=O) groups excluding carboxylic acids is 2. The monoisotopic (exact) mass is 537 g/mol. The molecule has 9 nitrogen and oxygen atoms in total. The molecule has 12 heteroatoms. The molecule has 186 valence electrons. The number of carbonyl (C=O) groups is 2. The molecule has 0 aliphatic heterocycles. The zero-order chi connectivity index (χ0) is 25.9. The van der Waals surface area contributed by atoms with Gasteiger partial charge in [-0.15, -0.1) is 11.3 Å². The number of amides is 1. The molecule has 2 aromatic heterocycles. The summed E-state index contributed by atoms with van der Waals surface area (Å²) in [5.74, 6) is -1.27. The van der Waals surface area contributed by atoms with Crippen LogP contribution in [0.15, 0.2) is 39.2 Å². The van der Waals surface area contributed by atoms with Gasteiger partial charge in [0, 0.05) is 11.9 Å². The molecule has 3 rings (SSSR count). The number of nitrogens with one attached hydrogen (secondary N) is 2. The number of thiophene rings is 1. The van der Waals surface area contributed by atoms with E-state index in [9.17, 15) is 18.0 Å². The van der Waals surface area contributed by atoms with Crippen molar-refractivity contribution in [2.75, 3.05) is 23.5 Å². The molecular formula is C23H24ClN3O6S2. The van der Waals surface area contributed by atoms with Gasteiger partial charge < -0.3 is 19.9 Å². The zero-order valence-electron chi connectivity index (χ0n) is 19.7. The van der Waals surface area contributed by atoms with Crippen LogP contribution in [-0.2, 0) is 14.6 Å². The highest BCUT2D eigenvalue weighted by atomic mass is 35.5. The van der Waals surface area contributed by atoms with Crippen LogP contribution < -0.4 is 10.6 Å². The summed E-state index contributed by atoms with van der Waals surface area (Å²) >= 11 is 7.02. The fourth-order valence-electron chi connectivity index (χ4n) is 3.52. The number of halogens is 1. The van der Waals surface area contributed by atoms with Gasteiger partial charge in [-0.2, -0.15) is 0 Å². The van der Waals surface area contributed by atoms with E-state index in [1.807, 2.05) is 0 Å². The van der Waals surface area contributed by atoms with Crippen molar-refractivity contribution in [2.45, 2.75) is 32.6 Å². The van der Waals surface area contributed by atoms with E-state index in [2.05, 4.69) is 15.8 Å². The van der Waals surface area contributed by atoms with Crippen LogP contribution in [0.25, 0.3) is 0 Å². The first-order valence-electron chi connectivity index (χ1n) is 10.3. The molecule has 0 unspecified atom stereocenters. The number of aromatic nitrogens is 1. The number of anilines is 2. The molecule has 0 radical (unpaired) electrons. The summed E-state index contributed by atoms with van der Waals surface area (Å²) in [5.41, 5.74) is 3.28. The quantitative estimate of drug-likeness (QED) is 0.381. The number of esters is 1. The maximum absolute atomic E-state index is 13.1. The summed E-state index contributed by atoms with van der Waals surface area (Å²) in [6.07, 6.45) is 2.75. The lowest BCUT2D eigenvalue weighted by Gasteiger charge is -2.17. The van der Waals surface area contributed by atoms with Gasteiger partial charge in [0.1, 0.15) is 15.6 Å². The second-order valence-corrected chi connectivity index (χ2v) is 11.0. The molecule has 1 aromatic carbocycles. The number of methoxy groups -OCH3 is 1. The number of benzene rings is 1. The van der Waals surface area contributed by atoms with Gasteiger partial charge in [-0.1, -0.05) is 28.9 Å². The summed E-state index contributed by atoms with van der Waals surface area (Å²) in [4.78, 5) is 25.3. The molecule has 0 saturated carbocycles. The number of aryl methyl sites for hydroxylation is 3. The Labute approximate surface area is 212 Å². The number of hydrogen-bond acceptors (Lipinski definition) is 9. The maximum Gasteiger partial charge on any atom is 0.338 e. The summed E-state index contributed by atoms with van der Waals surface area (Å²) < 4.78 is 35.7. The average Bonchev–Trinajstić information content (AvgIpc) is 3.42. The van der Waals surface area contributed by atoms with E-state index in [0.717, 1.165) is 16.9 Å². The molecular weight excluding hydrogens is 514 g/mol. The van der Waals surface area contributed by atoms with Gasteiger partial charge in [0.15, 0.2) is 9.84 Å². The van der Waals surface area contributed by atoms with E-state index in [4.69, 9.17) is 20.9 Å². The highest BCUT2D eigenvalue weighted by Crippen LogP contribution is 2.30. The van der Waals surface area contributed by atoms with Crippen molar-refractivity contribution in [1.29, 1.82) is 0 Å². The first-order valence-corrected chi connectivity index (χ1v) is 13.2. The van der Waals surface area contributed by atoms with Crippen molar-refractivity contribution in [2.24, 2.45) is 0 Å². The van der Waals surface area contributed by atoms with E-state index < -0.39 is 21.7 Å². The van der Waals surface area contributed by atoms with Crippen LogP contribution in [0, 0.1) is 27.7 Å². The number of nitrogens with zero attached hydrogens (tertiary/aromatic N) is 1. The van der Waals surface area contributed by atoms with Gasteiger partial charge in [-0.25, -0.2) is 13.2 Å². The van der Waals surface area contributed by atoms with Gasteiger partial charge in [0.25, 0.3) is 5.91 Å². The van der Waals surface area contributed by atoms with Gasteiger partial charge in [0.05, 0.1) is 23.3 Å². The molecule has 0 spiro atoms. The summed E-state index contributed by atoms with van der Waals surface area (Å²) in [5, 5.41) is 11.0. The highest BCUT2D eigenvalue weighted by molar-refractivity contribution is 7.91. The lowest BCUT2D eigenvalue weighted by Crippen LogP contribution is -2.18. The SMILES string of the molecule is COC(=O)c1c(C)cc(C)c(NC(=O)c2sccc2S(=O)(=O)CC=CNc2onc(C)c2Cl)c1C. The third-order valence-corrected chi connectivity index (χ3v) is 8.34. The number of sulfone groups is 1. The van der Waals surface area contributed by atoms with Crippen molar-refractivity contribution in [3.8, 4) is 0 Å². The molecule has 3 aromatic rings. The van der Waals surface area contributed by atoms with E-state index in [1.54, 1.807) is 33.8 Å². The fraction of sp³-hybridized carbons (Fsp3) is 0.261. The highest BCUT2D eigenvalue weighted by Gasteiger charge is 2.25. The summed E-state index contributed by atoms with van der Waals surface area (Å²) in [6.45, 7) is 6.95. The number of ether oxygens (including phenoxy) is 1. The Bertz CT molecular complexity index is 1420. The van der Waals surface area contributed by atoms with Crippen LogP contribution >= 0.6 is 22.9 Å². The van der Waals surface area contributed by atoms with Gasteiger partial charge in [-0.3, -0.25) is 4.79 Å². The topological polar surface area (TPSA) is 128 Å². The Morgan fingerprint density at radius 3 is 2.57 bits per heavy atom. The van der Waals surface area contributed by atoms with Crippen LogP contribution in [0.3, 0.4) is 0 Å². The Morgan fingerprint density at radius 1 is 1.23 bits per heavy atom. The molecule has 2 heterocycles. The normalized spacial score (nSPS) is 11.6. The molecule has 0 aliphatic rings. The van der Waals surface area contributed by atoms with Crippen molar-refractivity contribution < 1.29 is 27.3 Å². The minimum absolute atomic E-state index is 0.0410. The van der Waals surface area contributed by atoms with Crippen LogP contribution in [0.2, 0.25) is 5.02 Å². The second-order valence-electron chi connectivity index (χ2n) is 7.68. The standard InChI is InChI=1S/C23H24ClN3O6S2/c1-12-11-13(2)19(14(3)17(12)23(29)32-5)26-21(28)20-16(7-9-34-20)35(30,31)10-6-8-25-22-18(24)15(4)27-33-22/h6-9,11,25H,10H2,1-5H3,(H,26,28). The zero-order valence-corrected chi connectivity index (χ0v) is 22.1. The smallest absolute Gasteiger partial charge is 0.338 e. The Hall–Kier alpha value is -3.15. The Morgan fingerprint density at radius 2 is 1.94 bits per heavy atom. The van der Waals surface area contributed by atoms with Crippen molar-refractivity contribution in [3.63, 3.8) is 0 Å². The molecule has 35 heavy (non-hydrogen) atoms. The van der Waals surface area contributed by atoms with E-state index >= 15 is 0 Å². The minimum Gasteiger partial charge on any atom is -0.465 e. The van der Waals surface area contributed by atoms with Gasteiger partial charge in [-0.05, 0) is 55.8 Å². The third-order valence-electron chi connectivity index (χ3n) is 5.21. The molecule has 2 N–H and O–H groups in total. The second kappa shape index (κ2) is 10.6. The molecule has 0 aliphatic carbocycles. The molecule has 0 bridgehead atoms. The maximum atomic E-state index is 13.1. The molecule has 1 amide bonds. The fourth-order valence-corrected chi connectivity index (χ4v) is 6.12. The first-order chi connectivity index (χ1) is 16.5. The van der Waals surface area contributed by atoms with Crippen LogP contribution in [-0.4, -0.2) is 38.3 Å². The third kappa shape index (κ3) is 5.58. The molecule has 0 fully saturated rings. The predicted molar refractivity (Wildman–Crippen MR) is 135 cm³/mol. The van der Waals surface area contributed by atoms with Gasteiger partial charge >= 0.3 is 5.97 Å². The van der Waals surface area contributed by atoms with E-state index in [-0.39, 0.29) is 21.4 Å². The average molecular weight is 538 g/mol. The lowest BCUT2D eigenvalue weighted by molar-refractivity contribution is 0.0599. The number of rotatable bonds is 8. The Balaban J connectivity index is 1.81. The largest absolute Gasteiger partial charge is 0.465 e. The van der Waals surface area contributed by atoms with Crippen LogP contribution in [0.4, 0.5) is 11.6 Å². The first kappa shape index (κ1) is 26.5. The van der Waals surface area contributed by atoms with Crippen molar-refractivity contribution in [1.82, 2.24) is 5.16 Å². The lowest BCUT2D eigenvalue weighted by atomic mass is 9.97. The van der Waals surface area contributed by atoms with E-state index in [1.165, 1.54) is 30.8 Å². The minimum atomic E-state index is -3.83. The molecule has 0 saturated heterocycles. The van der Waals surface area contributed by atoms with Gasteiger partial charge in [0.2, 0.25) is 5.88 Å². The van der Waals surface area contributed by atoms with Crippen molar-refractivity contribution >= 4 is 56.2 Å². The summed E-state index contributed by atoms with van der Waals surface area (Å²) in [7, 11) is -2.54. The van der Waals surface area contributed by atoms with Crippen LogP contribution in [0.5, 0.6) is 0 Å². The number of hydrogen-bond donors (Lipinski definition) is 2. The predicted octanol–water partition coefficient (Wildman–Crippen LogP) is 5.06. The van der Waals surface area contributed by atoms with Crippen LogP contribution in [0.1, 0.15) is 42.4 Å².